The van der Waals surface area contributed by atoms with E-state index in [0.717, 1.165) is 5.69 Å². The first-order valence-electron chi connectivity index (χ1n) is 5.41. The van der Waals surface area contributed by atoms with Gasteiger partial charge in [-0.2, -0.15) is 0 Å². The summed E-state index contributed by atoms with van der Waals surface area (Å²) in [5, 5.41) is 3.01. The molecule has 0 aliphatic heterocycles. The van der Waals surface area contributed by atoms with Gasteiger partial charge in [-0.25, -0.2) is 4.39 Å². The van der Waals surface area contributed by atoms with E-state index in [2.05, 4.69) is 26.2 Å². The molecule has 3 nitrogen and oxygen atoms in total. The number of benzene rings is 1. The summed E-state index contributed by atoms with van der Waals surface area (Å²) in [5.41, 5.74) is 0.863. The summed E-state index contributed by atoms with van der Waals surface area (Å²) in [5.74, 6) is 0.732. The number of aromatic nitrogens is 1. The molecular formula is C13H12BrFN2O. The molecule has 0 aliphatic carbocycles. The first kappa shape index (κ1) is 13.0. The minimum atomic E-state index is -0.335. The highest BCUT2D eigenvalue weighted by molar-refractivity contribution is 9.10. The van der Waals surface area contributed by atoms with Crippen molar-refractivity contribution < 1.29 is 9.13 Å². The van der Waals surface area contributed by atoms with Gasteiger partial charge in [-0.05, 0) is 41.2 Å². The summed E-state index contributed by atoms with van der Waals surface area (Å²) in [6.07, 6.45) is 1.66. The van der Waals surface area contributed by atoms with Gasteiger partial charge in [0, 0.05) is 24.9 Å². The molecule has 0 saturated carbocycles. The third kappa shape index (κ3) is 3.27. The van der Waals surface area contributed by atoms with Crippen LogP contribution in [-0.2, 0) is 6.54 Å². The molecule has 18 heavy (non-hydrogen) atoms. The zero-order valence-electron chi connectivity index (χ0n) is 9.78. The summed E-state index contributed by atoms with van der Waals surface area (Å²) in [6.45, 7) is 0.654. The van der Waals surface area contributed by atoms with E-state index in [4.69, 9.17) is 4.74 Å². The van der Waals surface area contributed by atoms with Crippen molar-refractivity contribution in [2.24, 2.45) is 0 Å². The van der Waals surface area contributed by atoms with Crippen LogP contribution in [0.25, 0.3) is 0 Å². The van der Waals surface area contributed by atoms with E-state index in [1.54, 1.807) is 18.3 Å². The molecule has 0 amide bonds. The van der Waals surface area contributed by atoms with Gasteiger partial charge in [0.15, 0.2) is 0 Å². The monoisotopic (exact) mass is 310 g/mol. The highest BCUT2D eigenvalue weighted by Crippen LogP contribution is 2.30. The van der Waals surface area contributed by atoms with Crippen molar-refractivity contribution in [3.63, 3.8) is 0 Å². The molecule has 0 bridgehead atoms. The molecule has 1 aromatic heterocycles. The SMILES string of the molecule is CNCc1cc(Oc2cc(F)ccc2Br)ccn1. The highest BCUT2D eigenvalue weighted by atomic mass is 79.9. The molecular weight excluding hydrogens is 299 g/mol. The van der Waals surface area contributed by atoms with E-state index < -0.39 is 0 Å². The number of nitrogens with one attached hydrogen (secondary N) is 1. The predicted molar refractivity (Wildman–Crippen MR) is 71.2 cm³/mol. The Labute approximate surface area is 113 Å². The van der Waals surface area contributed by atoms with Crippen LogP contribution in [0.3, 0.4) is 0 Å². The van der Waals surface area contributed by atoms with Gasteiger partial charge in [0.2, 0.25) is 0 Å². The number of rotatable bonds is 4. The fraction of sp³-hybridized carbons (Fsp3) is 0.154. The van der Waals surface area contributed by atoms with Gasteiger partial charge in [-0.3, -0.25) is 4.98 Å². The fourth-order valence-corrected chi connectivity index (χ4v) is 1.81. The molecule has 1 heterocycles. The second-order valence-corrected chi connectivity index (χ2v) is 4.54. The average molecular weight is 311 g/mol. The number of pyridine rings is 1. The van der Waals surface area contributed by atoms with Crippen molar-refractivity contribution in [1.29, 1.82) is 0 Å². The number of hydrogen-bond donors (Lipinski definition) is 1. The van der Waals surface area contributed by atoms with Crippen molar-refractivity contribution in [2.45, 2.75) is 6.54 Å². The van der Waals surface area contributed by atoms with Gasteiger partial charge in [0.25, 0.3) is 0 Å². The molecule has 0 atom stereocenters. The van der Waals surface area contributed by atoms with E-state index in [0.29, 0.717) is 22.5 Å². The van der Waals surface area contributed by atoms with Crippen LogP contribution in [-0.4, -0.2) is 12.0 Å². The predicted octanol–water partition coefficient (Wildman–Crippen LogP) is 3.49. The lowest BCUT2D eigenvalue weighted by atomic mass is 10.3. The Kier molecular flexibility index (Phi) is 4.28. The second-order valence-electron chi connectivity index (χ2n) is 3.69. The first-order valence-corrected chi connectivity index (χ1v) is 6.21. The van der Waals surface area contributed by atoms with Crippen molar-refractivity contribution in [3.05, 3.63) is 52.5 Å². The highest BCUT2D eigenvalue weighted by Gasteiger charge is 2.05. The van der Waals surface area contributed by atoms with Crippen LogP contribution in [0.1, 0.15) is 5.69 Å². The zero-order valence-corrected chi connectivity index (χ0v) is 11.4. The second kappa shape index (κ2) is 5.93. The van der Waals surface area contributed by atoms with Crippen molar-refractivity contribution in [2.75, 3.05) is 7.05 Å². The Hall–Kier alpha value is -1.46. The summed E-state index contributed by atoms with van der Waals surface area (Å²) < 4.78 is 19.5. The fourth-order valence-electron chi connectivity index (χ4n) is 1.48. The van der Waals surface area contributed by atoms with E-state index in [9.17, 15) is 4.39 Å². The maximum Gasteiger partial charge on any atom is 0.144 e. The molecule has 1 aromatic carbocycles. The summed E-state index contributed by atoms with van der Waals surface area (Å²) >= 11 is 3.32. The lowest BCUT2D eigenvalue weighted by Gasteiger charge is -2.08. The van der Waals surface area contributed by atoms with Crippen LogP contribution < -0.4 is 10.1 Å². The molecule has 0 fully saturated rings. The van der Waals surface area contributed by atoms with Crippen LogP contribution >= 0.6 is 15.9 Å². The minimum absolute atomic E-state index is 0.335. The lowest BCUT2D eigenvalue weighted by Crippen LogP contribution is -2.06. The molecule has 2 aromatic rings. The Morgan fingerprint density at radius 3 is 2.94 bits per heavy atom. The van der Waals surface area contributed by atoms with Crippen LogP contribution in [0.2, 0.25) is 0 Å². The quantitative estimate of drug-likeness (QED) is 0.938. The number of ether oxygens (including phenoxy) is 1. The molecule has 0 aliphatic rings. The first-order chi connectivity index (χ1) is 8.69. The van der Waals surface area contributed by atoms with Crippen molar-refractivity contribution >= 4 is 15.9 Å². The van der Waals surface area contributed by atoms with Gasteiger partial charge in [0.1, 0.15) is 17.3 Å². The number of hydrogen-bond acceptors (Lipinski definition) is 3. The Balaban J connectivity index is 2.22. The van der Waals surface area contributed by atoms with Gasteiger partial charge < -0.3 is 10.1 Å². The van der Waals surface area contributed by atoms with E-state index >= 15 is 0 Å². The number of halogens is 2. The maximum atomic E-state index is 13.1. The van der Waals surface area contributed by atoms with Crippen LogP contribution in [0.15, 0.2) is 41.0 Å². The largest absolute Gasteiger partial charge is 0.456 e. The Morgan fingerprint density at radius 1 is 1.33 bits per heavy atom. The smallest absolute Gasteiger partial charge is 0.144 e. The standard InChI is InChI=1S/C13H12BrFN2O/c1-16-8-10-7-11(4-5-17-10)18-13-6-9(15)2-3-12(13)14/h2-7,16H,8H2,1H3. The third-order valence-electron chi connectivity index (χ3n) is 2.27. The summed E-state index contributed by atoms with van der Waals surface area (Å²) in [4.78, 5) is 4.18. The summed E-state index contributed by atoms with van der Waals surface area (Å²) in [6, 6.07) is 7.86. The normalized spacial score (nSPS) is 10.4. The Morgan fingerprint density at radius 2 is 2.17 bits per heavy atom. The molecule has 94 valence electrons. The van der Waals surface area contributed by atoms with Crippen LogP contribution in [0, 0.1) is 5.82 Å². The van der Waals surface area contributed by atoms with Gasteiger partial charge in [-0.15, -0.1) is 0 Å². The Bertz CT molecular complexity index is 548. The van der Waals surface area contributed by atoms with E-state index in [1.807, 2.05) is 13.1 Å². The molecule has 0 spiro atoms. The molecule has 0 unspecified atom stereocenters. The average Bonchev–Trinajstić information content (AvgIpc) is 2.35. The van der Waals surface area contributed by atoms with Gasteiger partial charge >= 0.3 is 0 Å². The van der Waals surface area contributed by atoms with Crippen LogP contribution in [0.4, 0.5) is 4.39 Å². The molecule has 5 heteroatoms. The van der Waals surface area contributed by atoms with E-state index in [1.165, 1.54) is 12.1 Å². The van der Waals surface area contributed by atoms with E-state index in [-0.39, 0.29) is 5.82 Å². The molecule has 0 radical (unpaired) electrons. The maximum absolute atomic E-state index is 13.1. The molecule has 2 rings (SSSR count). The lowest BCUT2D eigenvalue weighted by molar-refractivity contribution is 0.472. The number of nitrogens with zero attached hydrogens (tertiary/aromatic N) is 1. The summed E-state index contributed by atoms with van der Waals surface area (Å²) in [7, 11) is 1.85. The molecule has 0 saturated heterocycles. The molecule has 1 N–H and O–H groups in total. The van der Waals surface area contributed by atoms with Crippen molar-refractivity contribution in [1.82, 2.24) is 10.3 Å². The topological polar surface area (TPSA) is 34.1 Å². The van der Waals surface area contributed by atoms with Gasteiger partial charge in [-0.1, -0.05) is 0 Å². The zero-order chi connectivity index (χ0) is 13.0. The minimum Gasteiger partial charge on any atom is -0.456 e. The van der Waals surface area contributed by atoms with Crippen LogP contribution in [0.5, 0.6) is 11.5 Å². The third-order valence-corrected chi connectivity index (χ3v) is 2.92. The van der Waals surface area contributed by atoms with Crippen molar-refractivity contribution in [3.8, 4) is 11.5 Å². The van der Waals surface area contributed by atoms with Gasteiger partial charge in [0.05, 0.1) is 10.2 Å².